The van der Waals surface area contributed by atoms with Crippen molar-refractivity contribution in [3.05, 3.63) is 36.1 Å². The highest BCUT2D eigenvalue weighted by Gasteiger charge is 2.25. The van der Waals surface area contributed by atoms with Crippen LogP contribution >= 0.6 is 0 Å². The summed E-state index contributed by atoms with van der Waals surface area (Å²) in [7, 11) is 0. The lowest BCUT2D eigenvalue weighted by molar-refractivity contribution is 0.454. The van der Waals surface area contributed by atoms with Crippen molar-refractivity contribution < 1.29 is 8.76 Å². The molecule has 2 rings (SSSR count). The summed E-state index contributed by atoms with van der Waals surface area (Å²) in [4.78, 5) is 0. The van der Waals surface area contributed by atoms with Crippen molar-refractivity contribution in [3.8, 4) is 0 Å². The minimum Gasteiger partial charge on any atom is -0.401 e. The van der Waals surface area contributed by atoms with E-state index >= 15 is 0 Å². The summed E-state index contributed by atoms with van der Waals surface area (Å²) in [6.45, 7) is 0. The Kier molecular flexibility index (Phi) is 4.15. The van der Waals surface area contributed by atoms with E-state index in [9.17, 15) is 4.21 Å². The third-order valence-corrected chi connectivity index (χ3v) is 4.07. The second kappa shape index (κ2) is 5.62. The Morgan fingerprint density at radius 1 is 1.41 bits per heavy atom. The third kappa shape index (κ3) is 3.28. The molecular weight excluding hydrogens is 236 g/mol. The van der Waals surface area contributed by atoms with Crippen LogP contribution in [0.5, 0.6) is 0 Å². The van der Waals surface area contributed by atoms with Crippen LogP contribution in [0, 0.1) is 0 Å². The number of hydrogen-bond acceptors (Lipinski definition) is 3. The number of rotatable bonds is 3. The molecular formula is C12H18N2O2S. The van der Waals surface area contributed by atoms with Gasteiger partial charge in [0.05, 0.1) is 5.25 Å². The molecule has 0 spiro atoms. The first-order chi connectivity index (χ1) is 8.16. The summed E-state index contributed by atoms with van der Waals surface area (Å²) < 4.78 is 20.0. The van der Waals surface area contributed by atoms with Gasteiger partial charge in [-0.3, -0.25) is 0 Å². The van der Waals surface area contributed by atoms with Crippen molar-refractivity contribution in [1.29, 1.82) is 0 Å². The second-order valence-electron chi connectivity index (χ2n) is 4.43. The summed E-state index contributed by atoms with van der Waals surface area (Å²) in [5, 5.41) is 3.14. The lowest BCUT2D eigenvalue weighted by atomic mass is 9.97. The molecule has 4 atom stereocenters. The molecule has 0 amide bonds. The van der Waals surface area contributed by atoms with Crippen molar-refractivity contribution >= 4 is 11.1 Å². The van der Waals surface area contributed by atoms with Gasteiger partial charge in [-0.1, -0.05) is 24.3 Å². The van der Waals surface area contributed by atoms with E-state index in [-0.39, 0.29) is 11.3 Å². The van der Waals surface area contributed by atoms with Gasteiger partial charge in [0, 0.05) is 17.8 Å². The molecule has 4 N–H and O–H groups in total. The maximum Gasteiger partial charge on any atom is 0.159 e. The molecule has 2 aliphatic carbocycles. The van der Waals surface area contributed by atoms with Crippen molar-refractivity contribution in [2.75, 3.05) is 0 Å². The largest absolute Gasteiger partial charge is 0.401 e. The van der Waals surface area contributed by atoms with Crippen LogP contribution in [0.1, 0.15) is 19.3 Å². The Morgan fingerprint density at radius 2 is 2.24 bits per heavy atom. The van der Waals surface area contributed by atoms with Crippen LogP contribution in [0.4, 0.5) is 0 Å². The first kappa shape index (κ1) is 12.5. The first-order valence-corrected chi connectivity index (χ1v) is 7.00. The molecule has 5 heteroatoms. The molecule has 4 unspecified atom stereocenters. The summed E-state index contributed by atoms with van der Waals surface area (Å²) in [6, 6.07) is 0.434. The van der Waals surface area contributed by atoms with Gasteiger partial charge in [0.1, 0.15) is 0 Å². The lowest BCUT2D eigenvalue weighted by Gasteiger charge is -2.29. The number of nitrogens with one attached hydrogen (secondary N) is 1. The molecule has 94 valence electrons. The van der Waals surface area contributed by atoms with E-state index in [0.717, 1.165) is 12.8 Å². The fourth-order valence-corrected chi connectivity index (χ4v) is 2.82. The van der Waals surface area contributed by atoms with Gasteiger partial charge in [0.2, 0.25) is 0 Å². The maximum absolute atomic E-state index is 11.0. The average Bonchev–Trinajstić information content (AvgIpc) is 2.33. The van der Waals surface area contributed by atoms with Gasteiger partial charge < -0.3 is 15.6 Å². The Hall–Kier alpha value is -0.910. The van der Waals surface area contributed by atoms with Crippen molar-refractivity contribution in [2.24, 2.45) is 5.73 Å². The zero-order valence-corrected chi connectivity index (χ0v) is 10.4. The van der Waals surface area contributed by atoms with Gasteiger partial charge in [0.15, 0.2) is 11.1 Å². The van der Waals surface area contributed by atoms with Crippen LogP contribution in [0.2, 0.25) is 0 Å². The highest BCUT2D eigenvalue weighted by molar-refractivity contribution is 7.80. The second-order valence-corrected chi connectivity index (χ2v) is 5.59. The Bertz CT molecular complexity index is 390. The van der Waals surface area contributed by atoms with E-state index in [1.165, 1.54) is 0 Å². The van der Waals surface area contributed by atoms with Gasteiger partial charge in [0.25, 0.3) is 0 Å². The topological polar surface area (TPSA) is 75.4 Å². The van der Waals surface area contributed by atoms with Gasteiger partial charge in [-0.25, -0.2) is 4.21 Å². The molecule has 0 aromatic carbocycles. The Morgan fingerprint density at radius 3 is 2.82 bits per heavy atom. The van der Waals surface area contributed by atoms with Gasteiger partial charge in [-0.2, -0.15) is 0 Å². The van der Waals surface area contributed by atoms with Crippen molar-refractivity contribution in [1.82, 2.24) is 5.32 Å². The lowest BCUT2D eigenvalue weighted by Crippen LogP contribution is -2.43. The maximum atomic E-state index is 11.0. The number of nitrogens with two attached hydrogens (primary N) is 1. The molecule has 0 saturated heterocycles. The van der Waals surface area contributed by atoms with E-state index < -0.39 is 11.1 Å². The molecule has 0 aromatic rings. The van der Waals surface area contributed by atoms with E-state index in [0.29, 0.717) is 18.2 Å². The van der Waals surface area contributed by atoms with E-state index in [2.05, 4.69) is 17.5 Å². The standard InChI is InChI=1S/C12H18N2O2S/c13-11-8-10(17(15)16)6-7-12(11)14-9-4-2-1-3-5-9/h1-4,8-10,12,14H,5-7,13H2,(H,15,16). The fourth-order valence-electron chi connectivity index (χ4n) is 2.21. The molecule has 0 radical (unpaired) electrons. The molecule has 0 bridgehead atoms. The highest BCUT2D eigenvalue weighted by Crippen LogP contribution is 2.20. The smallest absolute Gasteiger partial charge is 0.159 e. The van der Waals surface area contributed by atoms with Crippen LogP contribution in [0.3, 0.4) is 0 Å². The highest BCUT2D eigenvalue weighted by atomic mass is 32.2. The van der Waals surface area contributed by atoms with Crippen molar-refractivity contribution in [3.63, 3.8) is 0 Å². The molecule has 0 aliphatic heterocycles. The molecule has 0 fully saturated rings. The third-order valence-electron chi connectivity index (χ3n) is 3.18. The van der Waals surface area contributed by atoms with Crippen LogP contribution in [-0.2, 0) is 11.1 Å². The molecule has 0 heterocycles. The Labute approximate surface area is 104 Å². The monoisotopic (exact) mass is 254 g/mol. The molecule has 0 saturated carbocycles. The summed E-state index contributed by atoms with van der Waals surface area (Å²) >= 11 is -1.80. The van der Waals surface area contributed by atoms with Gasteiger partial charge in [-0.15, -0.1) is 0 Å². The van der Waals surface area contributed by atoms with Gasteiger partial charge >= 0.3 is 0 Å². The minimum atomic E-state index is -1.80. The number of allylic oxidation sites excluding steroid dienone is 2. The van der Waals surface area contributed by atoms with Crippen LogP contribution in [0.25, 0.3) is 0 Å². The average molecular weight is 254 g/mol. The molecule has 17 heavy (non-hydrogen) atoms. The normalized spacial score (nSPS) is 34.4. The number of hydrogen-bond donors (Lipinski definition) is 3. The van der Waals surface area contributed by atoms with Gasteiger partial charge in [-0.05, 0) is 25.3 Å². The Balaban J connectivity index is 1.95. The fraction of sp³-hybridized carbons (Fsp3) is 0.500. The van der Waals surface area contributed by atoms with E-state index in [4.69, 9.17) is 10.3 Å². The van der Waals surface area contributed by atoms with E-state index in [1.807, 2.05) is 12.2 Å². The SMILES string of the molecule is NC1=CC(S(=O)O)CCC1NC1C=CC=CC1. The molecule has 4 nitrogen and oxygen atoms in total. The quantitative estimate of drug-likeness (QED) is 0.658. The molecule has 0 aromatic heterocycles. The summed E-state index contributed by atoms with van der Waals surface area (Å²) in [6.07, 6.45) is 12.5. The summed E-state index contributed by atoms with van der Waals surface area (Å²) in [5.74, 6) is 0. The van der Waals surface area contributed by atoms with E-state index in [1.54, 1.807) is 6.08 Å². The first-order valence-electron chi connectivity index (χ1n) is 5.83. The predicted octanol–water partition coefficient (Wildman–Crippen LogP) is 1.06. The van der Waals surface area contributed by atoms with Crippen LogP contribution in [-0.4, -0.2) is 26.1 Å². The van der Waals surface area contributed by atoms with Crippen molar-refractivity contribution in [2.45, 2.75) is 36.6 Å². The predicted molar refractivity (Wildman–Crippen MR) is 69.7 cm³/mol. The van der Waals surface area contributed by atoms with Crippen LogP contribution in [0.15, 0.2) is 36.1 Å². The zero-order valence-electron chi connectivity index (χ0n) is 9.58. The minimum absolute atomic E-state index is 0.121. The molecule has 2 aliphatic rings. The zero-order chi connectivity index (χ0) is 12.3. The van der Waals surface area contributed by atoms with Crippen LogP contribution < -0.4 is 11.1 Å². The summed E-state index contributed by atoms with van der Waals surface area (Å²) in [5.41, 5.74) is 6.62.